The molecule has 0 atom stereocenters. The van der Waals surface area contributed by atoms with Crippen LogP contribution in [-0.4, -0.2) is 0 Å². The molecule has 2 fully saturated rings. The first kappa shape index (κ1) is 26.1. The van der Waals surface area contributed by atoms with Gasteiger partial charge in [0.1, 0.15) is 0 Å². The van der Waals surface area contributed by atoms with Crippen LogP contribution in [0.3, 0.4) is 0 Å². The lowest BCUT2D eigenvalue weighted by Crippen LogP contribution is -2.26. The second-order valence-electron chi connectivity index (χ2n) is 11.3. The largest absolute Gasteiger partial charge is 0.203 e. The summed E-state index contributed by atoms with van der Waals surface area (Å²) in [6.07, 6.45) is 19.7. The fourth-order valence-corrected chi connectivity index (χ4v) is 6.75. The summed E-state index contributed by atoms with van der Waals surface area (Å²) in [5.74, 6) is 2.32. The van der Waals surface area contributed by atoms with Crippen LogP contribution >= 0.6 is 0 Å². The van der Waals surface area contributed by atoms with Gasteiger partial charge in [0.2, 0.25) is 0 Å². The summed E-state index contributed by atoms with van der Waals surface area (Å²) in [5.41, 5.74) is 2.89. The van der Waals surface area contributed by atoms with E-state index < -0.39 is 11.6 Å². The van der Waals surface area contributed by atoms with E-state index in [1.807, 2.05) is 19.1 Å². The maximum Gasteiger partial charge on any atom is 0.166 e. The monoisotopic (exact) mass is 478 g/mol. The van der Waals surface area contributed by atoms with Crippen LogP contribution in [0.5, 0.6) is 0 Å². The van der Waals surface area contributed by atoms with E-state index in [-0.39, 0.29) is 0 Å². The van der Waals surface area contributed by atoms with Gasteiger partial charge in [-0.2, -0.15) is 0 Å². The van der Waals surface area contributed by atoms with E-state index in [9.17, 15) is 8.78 Å². The number of rotatable bonds is 10. The van der Waals surface area contributed by atoms with Crippen molar-refractivity contribution in [3.05, 3.63) is 71.8 Å². The molecule has 0 bridgehead atoms. The molecule has 2 heteroatoms. The topological polar surface area (TPSA) is 0 Å². The Morgan fingerprint density at radius 3 is 1.91 bits per heavy atom. The van der Waals surface area contributed by atoms with Crippen molar-refractivity contribution in [3.63, 3.8) is 0 Å². The van der Waals surface area contributed by atoms with Gasteiger partial charge in [0, 0.05) is 5.56 Å². The Morgan fingerprint density at radius 2 is 1.34 bits per heavy atom. The van der Waals surface area contributed by atoms with Crippen molar-refractivity contribution >= 4 is 0 Å². The predicted molar refractivity (Wildman–Crippen MR) is 144 cm³/mol. The number of hydrogen-bond acceptors (Lipinski definition) is 0. The number of hydrogen-bond donors (Lipinski definition) is 0. The zero-order chi connectivity index (χ0) is 24.6. The minimum absolute atomic E-state index is 0.363. The third-order valence-electron chi connectivity index (χ3n) is 9.02. The molecule has 0 saturated heterocycles. The first-order chi connectivity index (χ1) is 17.1. The van der Waals surface area contributed by atoms with Gasteiger partial charge in [0.25, 0.3) is 0 Å². The van der Waals surface area contributed by atoms with E-state index in [4.69, 9.17) is 0 Å². The van der Waals surface area contributed by atoms with Crippen LogP contribution in [0.4, 0.5) is 8.78 Å². The van der Waals surface area contributed by atoms with Crippen molar-refractivity contribution in [2.75, 3.05) is 0 Å². The first-order valence-electron chi connectivity index (χ1n) is 14.3. The van der Waals surface area contributed by atoms with Gasteiger partial charge >= 0.3 is 0 Å². The maximum absolute atomic E-state index is 14.6. The van der Waals surface area contributed by atoms with Gasteiger partial charge in [0.15, 0.2) is 11.6 Å². The second kappa shape index (κ2) is 12.8. The number of allylic oxidation sites excluding steroid dienone is 1. The molecular weight excluding hydrogens is 434 g/mol. The SMILES string of the molecule is C=CCCC1CCC(C2CCC(CCc3ccc(-c4ccc(CCC)c(F)c4F)cc3)CC2)CC1. The average Bonchev–Trinajstić information content (AvgIpc) is 2.90. The van der Waals surface area contributed by atoms with Gasteiger partial charge < -0.3 is 0 Å². The van der Waals surface area contributed by atoms with Gasteiger partial charge in [-0.1, -0.05) is 81.5 Å². The molecule has 0 nitrogen and oxygen atoms in total. The zero-order valence-electron chi connectivity index (χ0n) is 21.7. The quantitative estimate of drug-likeness (QED) is 0.298. The molecule has 0 spiro atoms. The molecule has 0 radical (unpaired) electrons. The highest BCUT2D eigenvalue weighted by Gasteiger charge is 2.30. The molecule has 0 unspecified atom stereocenters. The molecular formula is C33H44F2. The van der Waals surface area contributed by atoms with Gasteiger partial charge in [-0.3, -0.25) is 0 Å². The van der Waals surface area contributed by atoms with Crippen LogP contribution in [-0.2, 0) is 12.8 Å². The summed E-state index contributed by atoms with van der Waals surface area (Å²) in [4.78, 5) is 0. The summed E-state index contributed by atoms with van der Waals surface area (Å²) >= 11 is 0. The highest BCUT2D eigenvalue weighted by atomic mass is 19.2. The van der Waals surface area contributed by atoms with Crippen molar-refractivity contribution < 1.29 is 8.78 Å². The Bertz CT molecular complexity index is 928. The van der Waals surface area contributed by atoms with Gasteiger partial charge in [-0.05, 0) is 98.1 Å². The van der Waals surface area contributed by atoms with E-state index in [2.05, 4.69) is 24.8 Å². The summed E-state index contributed by atoms with van der Waals surface area (Å²) in [6, 6.07) is 11.6. The van der Waals surface area contributed by atoms with Crippen molar-refractivity contribution in [1.29, 1.82) is 0 Å². The Kier molecular flexibility index (Phi) is 9.58. The molecule has 2 aliphatic rings. The minimum Gasteiger partial charge on any atom is -0.203 e. The smallest absolute Gasteiger partial charge is 0.166 e. The molecule has 0 amide bonds. The van der Waals surface area contributed by atoms with Crippen LogP contribution in [0.1, 0.15) is 95.1 Å². The van der Waals surface area contributed by atoms with Crippen molar-refractivity contribution in [2.45, 2.75) is 96.8 Å². The number of aryl methyl sites for hydroxylation is 2. The van der Waals surface area contributed by atoms with E-state index >= 15 is 0 Å². The second-order valence-corrected chi connectivity index (χ2v) is 11.3. The lowest BCUT2D eigenvalue weighted by Gasteiger charge is -2.38. The van der Waals surface area contributed by atoms with Crippen molar-refractivity contribution in [3.8, 4) is 11.1 Å². The zero-order valence-corrected chi connectivity index (χ0v) is 21.7. The minimum atomic E-state index is -0.717. The van der Waals surface area contributed by atoms with E-state index in [1.165, 1.54) is 76.2 Å². The Balaban J connectivity index is 1.22. The first-order valence-corrected chi connectivity index (χ1v) is 14.3. The highest BCUT2D eigenvalue weighted by Crippen LogP contribution is 2.43. The summed E-state index contributed by atoms with van der Waals surface area (Å²) in [6.45, 7) is 5.86. The highest BCUT2D eigenvalue weighted by molar-refractivity contribution is 5.65. The fourth-order valence-electron chi connectivity index (χ4n) is 6.75. The molecule has 35 heavy (non-hydrogen) atoms. The third-order valence-corrected chi connectivity index (χ3v) is 9.02. The lowest BCUT2D eigenvalue weighted by atomic mass is 9.68. The van der Waals surface area contributed by atoms with E-state index in [1.54, 1.807) is 12.1 Å². The van der Waals surface area contributed by atoms with Gasteiger partial charge in [0.05, 0.1) is 0 Å². The molecule has 2 aromatic carbocycles. The van der Waals surface area contributed by atoms with Crippen molar-refractivity contribution in [2.24, 2.45) is 23.7 Å². The predicted octanol–water partition coefficient (Wildman–Crippen LogP) is 10.1. The van der Waals surface area contributed by atoms with Crippen molar-refractivity contribution in [1.82, 2.24) is 0 Å². The molecule has 2 aromatic rings. The van der Waals surface area contributed by atoms with Gasteiger partial charge in [-0.25, -0.2) is 8.78 Å². The third kappa shape index (κ3) is 6.83. The van der Waals surface area contributed by atoms with Crippen LogP contribution in [0.25, 0.3) is 11.1 Å². The molecule has 190 valence electrons. The Morgan fingerprint density at radius 1 is 0.743 bits per heavy atom. The van der Waals surface area contributed by atoms with Crippen LogP contribution < -0.4 is 0 Å². The molecule has 0 aromatic heterocycles. The van der Waals surface area contributed by atoms with E-state index in [0.29, 0.717) is 17.5 Å². The maximum atomic E-state index is 14.6. The average molecular weight is 479 g/mol. The van der Waals surface area contributed by atoms with Crippen LogP contribution in [0.2, 0.25) is 0 Å². The van der Waals surface area contributed by atoms with E-state index in [0.717, 1.165) is 42.1 Å². The normalized spacial score (nSPS) is 24.9. The lowest BCUT2D eigenvalue weighted by molar-refractivity contribution is 0.141. The summed E-state index contributed by atoms with van der Waals surface area (Å²) in [7, 11) is 0. The fraction of sp³-hybridized carbons (Fsp3) is 0.576. The summed E-state index contributed by atoms with van der Waals surface area (Å²) in [5, 5.41) is 0. The Hall–Kier alpha value is -1.96. The number of benzene rings is 2. The van der Waals surface area contributed by atoms with Crippen LogP contribution in [0, 0.1) is 35.3 Å². The number of halogens is 2. The molecule has 4 rings (SSSR count). The molecule has 0 N–H and O–H groups in total. The standard InChI is InChI=1S/C33H44F2/c1-3-5-7-24-10-16-27(17-11-24)28-18-12-25(13-19-28)8-9-26-14-20-29(21-15-26)31-23-22-30(6-4-2)32(34)33(31)35/h3,14-15,20-25,27-28H,1,4-13,16-19H2,2H3. The van der Waals surface area contributed by atoms with Crippen LogP contribution in [0.15, 0.2) is 49.1 Å². The molecule has 0 aliphatic heterocycles. The summed E-state index contributed by atoms with van der Waals surface area (Å²) < 4.78 is 29.0. The van der Waals surface area contributed by atoms with Gasteiger partial charge in [-0.15, -0.1) is 6.58 Å². The Labute approximate surface area is 212 Å². The molecule has 0 heterocycles. The molecule has 2 aliphatic carbocycles. The molecule has 2 saturated carbocycles.